The van der Waals surface area contributed by atoms with Crippen LogP contribution in [0, 0.1) is 0 Å². The van der Waals surface area contributed by atoms with Crippen molar-refractivity contribution in [1.82, 2.24) is 5.32 Å². The molecule has 0 aromatic heterocycles. The first-order chi connectivity index (χ1) is 8.47. The maximum absolute atomic E-state index is 11.3. The second-order valence-corrected chi connectivity index (χ2v) is 4.32. The van der Waals surface area contributed by atoms with E-state index in [1.807, 2.05) is 30.3 Å². The molecule has 0 fully saturated rings. The van der Waals surface area contributed by atoms with E-state index in [-0.39, 0.29) is 42.7 Å². The van der Waals surface area contributed by atoms with Gasteiger partial charge in [-0.2, -0.15) is 0 Å². The maximum Gasteiger partial charge on any atom is 1.00 e. The Hall–Kier alpha value is -0.700. The molecule has 19 heavy (non-hydrogen) atoms. The van der Waals surface area contributed by atoms with Crippen molar-refractivity contribution in [3.8, 4) is 0 Å². The van der Waals surface area contributed by atoms with Gasteiger partial charge in [0.15, 0.2) is 0 Å². The Balaban J connectivity index is 0.00000324. The molecule has 1 N–H and O–H groups in total. The molecule has 8 heteroatoms. The number of benzene rings is 1. The quantitative estimate of drug-likeness (QED) is 0.202. The van der Waals surface area contributed by atoms with Gasteiger partial charge in [0.2, 0.25) is 16.3 Å². The number of nitrogens with one attached hydrogen (secondary N) is 1. The molecule has 0 unspecified atom stereocenters. The zero-order valence-corrected chi connectivity index (χ0v) is 13.2. The predicted molar refractivity (Wildman–Crippen MR) is 64.1 cm³/mol. The Kier molecular flexibility index (Phi) is 8.90. The molecule has 0 spiro atoms. The minimum Gasteiger partial charge on any atom is -0.726 e. The fourth-order valence-corrected chi connectivity index (χ4v) is 1.40. The van der Waals surface area contributed by atoms with Gasteiger partial charge in [-0.05, 0) is 11.6 Å². The molecule has 1 aromatic rings. The van der Waals surface area contributed by atoms with Crippen LogP contribution in [-0.4, -0.2) is 32.0 Å². The van der Waals surface area contributed by atoms with Crippen LogP contribution in [-0.2, 0) is 19.4 Å². The van der Waals surface area contributed by atoms with Crippen LogP contribution in [0.5, 0.6) is 0 Å². The first-order valence-corrected chi connectivity index (χ1v) is 6.42. The second-order valence-electron chi connectivity index (χ2n) is 3.27. The van der Waals surface area contributed by atoms with E-state index in [1.165, 1.54) is 6.08 Å². The van der Waals surface area contributed by atoms with Gasteiger partial charge in [0.05, 0.1) is 6.61 Å². The SMILES string of the molecule is O=C(C=Cc1ccccc1)NCCOS(=O)(=O)[O-].[Na+]. The zero-order chi connectivity index (χ0) is 13.4. The molecule has 0 radical (unpaired) electrons. The molecule has 1 rings (SSSR count). The van der Waals surface area contributed by atoms with Crippen LogP contribution in [0.15, 0.2) is 36.4 Å². The minimum absolute atomic E-state index is 0. The van der Waals surface area contributed by atoms with Gasteiger partial charge in [0.1, 0.15) is 0 Å². The van der Waals surface area contributed by atoms with E-state index >= 15 is 0 Å². The first kappa shape index (κ1) is 18.3. The van der Waals surface area contributed by atoms with Crippen LogP contribution >= 0.6 is 0 Å². The topological polar surface area (TPSA) is 95.5 Å². The van der Waals surface area contributed by atoms with Crippen LogP contribution < -0.4 is 34.9 Å². The average Bonchev–Trinajstić information content (AvgIpc) is 2.32. The molecule has 0 bridgehead atoms. The maximum atomic E-state index is 11.3. The summed E-state index contributed by atoms with van der Waals surface area (Å²) in [6.45, 7) is -0.434. The van der Waals surface area contributed by atoms with Crippen LogP contribution in [0.3, 0.4) is 0 Å². The zero-order valence-electron chi connectivity index (χ0n) is 10.4. The van der Waals surface area contributed by atoms with Crippen molar-refractivity contribution in [1.29, 1.82) is 0 Å². The van der Waals surface area contributed by atoms with E-state index in [0.717, 1.165) is 5.56 Å². The van der Waals surface area contributed by atoms with Crippen LogP contribution in [0.25, 0.3) is 6.08 Å². The van der Waals surface area contributed by atoms with Crippen molar-refractivity contribution >= 4 is 22.4 Å². The number of amides is 1. The van der Waals surface area contributed by atoms with Crippen molar-refractivity contribution in [2.24, 2.45) is 0 Å². The van der Waals surface area contributed by atoms with E-state index in [4.69, 9.17) is 0 Å². The van der Waals surface area contributed by atoms with Gasteiger partial charge < -0.3 is 9.87 Å². The molecule has 6 nitrogen and oxygen atoms in total. The molecule has 0 aliphatic carbocycles. The van der Waals surface area contributed by atoms with Gasteiger partial charge in [-0.15, -0.1) is 0 Å². The summed E-state index contributed by atoms with van der Waals surface area (Å²) < 4.78 is 34.2. The molecule has 98 valence electrons. The van der Waals surface area contributed by atoms with Gasteiger partial charge >= 0.3 is 29.6 Å². The largest absolute Gasteiger partial charge is 1.00 e. The molecular formula is C11H12NNaO5S. The standard InChI is InChI=1S/C11H13NO5S.Na/c13-11(12-8-9-17-18(14,15)16)7-6-10-4-2-1-3-5-10;/h1-7H,8-9H2,(H,12,13)(H,14,15,16);/q;+1/p-1. The third-order valence-electron chi connectivity index (χ3n) is 1.86. The predicted octanol–water partition coefficient (Wildman–Crippen LogP) is -2.70. The summed E-state index contributed by atoms with van der Waals surface area (Å²) in [6, 6.07) is 9.20. The Morgan fingerprint density at radius 3 is 2.53 bits per heavy atom. The Bertz CT molecular complexity index is 515. The van der Waals surface area contributed by atoms with Crippen molar-refractivity contribution < 1.29 is 51.5 Å². The summed E-state index contributed by atoms with van der Waals surface area (Å²) in [5.41, 5.74) is 0.867. The number of rotatable bonds is 6. The third-order valence-corrected chi connectivity index (χ3v) is 2.31. The van der Waals surface area contributed by atoms with Crippen molar-refractivity contribution in [3.63, 3.8) is 0 Å². The van der Waals surface area contributed by atoms with Gasteiger partial charge in [-0.1, -0.05) is 30.3 Å². The van der Waals surface area contributed by atoms with Crippen LogP contribution in [0.2, 0.25) is 0 Å². The van der Waals surface area contributed by atoms with Crippen LogP contribution in [0.4, 0.5) is 0 Å². The summed E-state index contributed by atoms with van der Waals surface area (Å²) >= 11 is 0. The van der Waals surface area contributed by atoms with E-state index < -0.39 is 16.3 Å². The van der Waals surface area contributed by atoms with Crippen molar-refractivity contribution in [2.45, 2.75) is 0 Å². The molecule has 0 atom stereocenters. The number of carbonyl (C=O) groups excluding carboxylic acids is 1. The fraction of sp³-hybridized carbons (Fsp3) is 0.182. The Morgan fingerprint density at radius 1 is 1.32 bits per heavy atom. The summed E-state index contributed by atoms with van der Waals surface area (Å²) in [5.74, 6) is -0.397. The van der Waals surface area contributed by atoms with Gasteiger partial charge in [-0.3, -0.25) is 8.98 Å². The average molecular weight is 293 g/mol. The van der Waals surface area contributed by atoms with Gasteiger partial charge in [-0.25, -0.2) is 8.42 Å². The fourth-order valence-electron chi connectivity index (χ4n) is 1.11. The first-order valence-electron chi connectivity index (χ1n) is 5.08. The molecule has 0 saturated heterocycles. The molecule has 0 aliphatic rings. The molecule has 1 aromatic carbocycles. The van der Waals surface area contributed by atoms with E-state index in [9.17, 15) is 17.8 Å². The van der Waals surface area contributed by atoms with Crippen molar-refractivity contribution in [3.05, 3.63) is 42.0 Å². The summed E-state index contributed by atoms with van der Waals surface area (Å²) in [6.07, 6.45) is 2.92. The molecule has 0 aliphatic heterocycles. The monoisotopic (exact) mass is 293 g/mol. The number of hydrogen-bond donors (Lipinski definition) is 1. The van der Waals surface area contributed by atoms with E-state index in [2.05, 4.69) is 9.50 Å². The second kappa shape index (κ2) is 9.24. The smallest absolute Gasteiger partial charge is 0.726 e. The van der Waals surface area contributed by atoms with Gasteiger partial charge in [0.25, 0.3) is 0 Å². The van der Waals surface area contributed by atoms with E-state index in [0.29, 0.717) is 0 Å². The van der Waals surface area contributed by atoms with Crippen LogP contribution in [0.1, 0.15) is 5.56 Å². The molecule has 1 amide bonds. The normalized spacial score (nSPS) is 11.0. The Morgan fingerprint density at radius 2 is 1.95 bits per heavy atom. The van der Waals surface area contributed by atoms with Gasteiger partial charge in [0, 0.05) is 12.6 Å². The number of hydrogen-bond acceptors (Lipinski definition) is 5. The molecular weight excluding hydrogens is 281 g/mol. The summed E-state index contributed by atoms with van der Waals surface area (Å²) in [4.78, 5) is 11.3. The molecule has 0 heterocycles. The Labute approximate surface area is 134 Å². The third kappa shape index (κ3) is 9.83. The summed E-state index contributed by atoms with van der Waals surface area (Å²) in [7, 11) is -4.70. The minimum atomic E-state index is -4.70. The molecule has 0 saturated carbocycles. The number of carbonyl (C=O) groups is 1. The summed E-state index contributed by atoms with van der Waals surface area (Å²) in [5, 5.41) is 2.37. The van der Waals surface area contributed by atoms with E-state index in [1.54, 1.807) is 6.08 Å². The van der Waals surface area contributed by atoms with Crippen molar-refractivity contribution in [2.75, 3.05) is 13.2 Å².